The summed E-state index contributed by atoms with van der Waals surface area (Å²) in [6.07, 6.45) is 10.1. The molecule has 1 aliphatic heterocycles. The zero-order valence-electron chi connectivity index (χ0n) is 13.2. The summed E-state index contributed by atoms with van der Waals surface area (Å²) < 4.78 is 10.2. The number of carbonyl (C=O) groups excluding carboxylic acids is 2. The van der Waals surface area contributed by atoms with Gasteiger partial charge in [-0.1, -0.05) is 25.0 Å². The highest BCUT2D eigenvalue weighted by atomic mass is 16.6. The Labute approximate surface area is 131 Å². The maximum Gasteiger partial charge on any atom is 0.309 e. The van der Waals surface area contributed by atoms with Crippen LogP contribution in [0, 0.1) is 17.8 Å². The van der Waals surface area contributed by atoms with E-state index in [1.165, 1.54) is 7.11 Å². The zero-order chi connectivity index (χ0) is 15.9. The van der Waals surface area contributed by atoms with Gasteiger partial charge in [0.25, 0.3) is 0 Å². The molecule has 2 aliphatic rings. The summed E-state index contributed by atoms with van der Waals surface area (Å²) >= 11 is 0. The number of allylic oxidation sites excluding steroid dienone is 2. The summed E-state index contributed by atoms with van der Waals surface area (Å²) in [5.74, 6) is -0.397. The van der Waals surface area contributed by atoms with Crippen molar-refractivity contribution in [3.63, 3.8) is 0 Å². The summed E-state index contributed by atoms with van der Waals surface area (Å²) in [5.41, 5.74) is 0. The summed E-state index contributed by atoms with van der Waals surface area (Å²) in [6, 6.07) is 0. The van der Waals surface area contributed by atoms with Gasteiger partial charge in [0.1, 0.15) is 6.10 Å². The van der Waals surface area contributed by atoms with E-state index in [-0.39, 0.29) is 42.4 Å². The third-order valence-corrected chi connectivity index (χ3v) is 4.75. The predicted octanol–water partition coefficient (Wildman–Crippen LogP) is 2.23. The second-order valence-corrected chi connectivity index (χ2v) is 6.19. The molecule has 5 heteroatoms. The standard InChI is InChI=1S/C17H26O5/c1-21-17(20)14-10-15-13(11-16(19)22-15)12(14)8-6-4-2-3-5-7-9-18/h6,8,12-15,18H,2-5,7,9-11H2,1H3/t12-,13+,14-,15+/m0/s1. The summed E-state index contributed by atoms with van der Waals surface area (Å²) in [5, 5.41) is 8.73. The number of methoxy groups -OCH3 is 1. The zero-order valence-corrected chi connectivity index (χ0v) is 13.2. The van der Waals surface area contributed by atoms with Gasteiger partial charge in [-0.2, -0.15) is 0 Å². The van der Waals surface area contributed by atoms with Gasteiger partial charge in [-0.25, -0.2) is 0 Å². The molecule has 0 aromatic carbocycles. The summed E-state index contributed by atoms with van der Waals surface area (Å²) in [4.78, 5) is 23.4. The molecule has 0 bridgehead atoms. The van der Waals surface area contributed by atoms with Crippen LogP contribution in [-0.2, 0) is 19.1 Å². The first-order chi connectivity index (χ1) is 10.7. The Bertz CT molecular complexity index is 417. The molecule has 0 radical (unpaired) electrons. The highest BCUT2D eigenvalue weighted by molar-refractivity contribution is 5.76. The van der Waals surface area contributed by atoms with Crippen LogP contribution in [0.25, 0.3) is 0 Å². The van der Waals surface area contributed by atoms with Gasteiger partial charge in [-0.15, -0.1) is 0 Å². The van der Waals surface area contributed by atoms with Gasteiger partial charge in [-0.05, 0) is 31.6 Å². The normalized spacial score (nSPS) is 30.5. The van der Waals surface area contributed by atoms with Crippen LogP contribution in [-0.4, -0.2) is 36.9 Å². The van der Waals surface area contributed by atoms with E-state index in [0.717, 1.165) is 32.1 Å². The number of aliphatic hydroxyl groups excluding tert-OH is 1. The molecule has 0 aromatic heterocycles. The molecule has 4 atom stereocenters. The van der Waals surface area contributed by atoms with Crippen molar-refractivity contribution in [2.75, 3.05) is 13.7 Å². The van der Waals surface area contributed by atoms with E-state index in [4.69, 9.17) is 14.6 Å². The van der Waals surface area contributed by atoms with Gasteiger partial charge in [-0.3, -0.25) is 9.59 Å². The number of esters is 2. The Morgan fingerprint density at radius 3 is 2.86 bits per heavy atom. The topological polar surface area (TPSA) is 72.8 Å². The number of hydrogen-bond donors (Lipinski definition) is 1. The molecule has 124 valence electrons. The van der Waals surface area contributed by atoms with Crippen LogP contribution >= 0.6 is 0 Å². The average molecular weight is 310 g/mol. The molecule has 1 saturated heterocycles. The van der Waals surface area contributed by atoms with E-state index in [1.54, 1.807) is 0 Å². The molecule has 0 unspecified atom stereocenters. The lowest BCUT2D eigenvalue weighted by Crippen LogP contribution is -2.22. The van der Waals surface area contributed by atoms with E-state index in [1.807, 2.05) is 0 Å². The Hall–Kier alpha value is -1.36. The fraction of sp³-hybridized carbons (Fsp3) is 0.765. The lowest BCUT2D eigenvalue weighted by Gasteiger charge is -2.17. The Morgan fingerprint density at radius 2 is 2.14 bits per heavy atom. The van der Waals surface area contributed by atoms with E-state index < -0.39 is 0 Å². The van der Waals surface area contributed by atoms with E-state index in [2.05, 4.69) is 12.2 Å². The van der Waals surface area contributed by atoms with Crippen molar-refractivity contribution >= 4 is 11.9 Å². The largest absolute Gasteiger partial charge is 0.469 e. The van der Waals surface area contributed by atoms with Gasteiger partial charge in [0.15, 0.2) is 0 Å². The lowest BCUT2D eigenvalue weighted by molar-refractivity contribution is -0.149. The monoisotopic (exact) mass is 310 g/mol. The van der Waals surface area contributed by atoms with Crippen molar-refractivity contribution in [2.24, 2.45) is 17.8 Å². The fourth-order valence-corrected chi connectivity index (χ4v) is 3.60. The van der Waals surface area contributed by atoms with Crippen molar-refractivity contribution < 1.29 is 24.2 Å². The SMILES string of the molecule is COC(=O)[C@H]1C[C@H]2OC(=O)C[C@@H]2[C@@H]1C=CCCCCCCO. The number of carbonyl (C=O) groups is 2. The van der Waals surface area contributed by atoms with Crippen LogP contribution in [0.5, 0.6) is 0 Å². The van der Waals surface area contributed by atoms with Crippen molar-refractivity contribution in [1.29, 1.82) is 0 Å². The minimum atomic E-state index is -0.206. The lowest BCUT2D eigenvalue weighted by atomic mass is 9.87. The van der Waals surface area contributed by atoms with Crippen LogP contribution in [0.4, 0.5) is 0 Å². The van der Waals surface area contributed by atoms with E-state index >= 15 is 0 Å². The maximum atomic E-state index is 11.9. The molecular weight excluding hydrogens is 284 g/mol. The van der Waals surface area contributed by atoms with Crippen molar-refractivity contribution in [3.05, 3.63) is 12.2 Å². The van der Waals surface area contributed by atoms with Gasteiger partial charge in [0.2, 0.25) is 0 Å². The Kier molecular flexibility index (Phi) is 6.43. The Morgan fingerprint density at radius 1 is 1.36 bits per heavy atom. The quantitative estimate of drug-likeness (QED) is 0.423. The second kappa shape index (κ2) is 8.32. The van der Waals surface area contributed by atoms with Crippen LogP contribution in [0.2, 0.25) is 0 Å². The molecule has 5 nitrogen and oxygen atoms in total. The highest BCUT2D eigenvalue weighted by Gasteiger charge is 2.51. The van der Waals surface area contributed by atoms with E-state index in [0.29, 0.717) is 12.8 Å². The first kappa shape index (κ1) is 17.0. The van der Waals surface area contributed by atoms with Crippen LogP contribution in [0.3, 0.4) is 0 Å². The molecule has 0 spiro atoms. The third kappa shape index (κ3) is 4.09. The second-order valence-electron chi connectivity index (χ2n) is 6.19. The third-order valence-electron chi connectivity index (χ3n) is 4.75. The molecule has 2 fully saturated rings. The van der Waals surface area contributed by atoms with Gasteiger partial charge >= 0.3 is 11.9 Å². The van der Waals surface area contributed by atoms with Gasteiger partial charge in [0.05, 0.1) is 19.4 Å². The van der Waals surface area contributed by atoms with Crippen molar-refractivity contribution in [1.82, 2.24) is 0 Å². The number of ether oxygens (including phenoxy) is 2. The minimum absolute atomic E-state index is 0.0429. The highest BCUT2D eigenvalue weighted by Crippen LogP contribution is 2.46. The smallest absolute Gasteiger partial charge is 0.309 e. The maximum absolute atomic E-state index is 11.9. The molecular formula is C17H26O5. The number of unbranched alkanes of at least 4 members (excludes halogenated alkanes) is 4. The van der Waals surface area contributed by atoms with Crippen LogP contribution in [0.15, 0.2) is 12.2 Å². The molecule has 0 amide bonds. The summed E-state index contributed by atoms with van der Waals surface area (Å²) in [7, 11) is 1.41. The molecule has 22 heavy (non-hydrogen) atoms. The molecule has 1 heterocycles. The fourth-order valence-electron chi connectivity index (χ4n) is 3.60. The molecule has 2 rings (SSSR count). The molecule has 1 aliphatic carbocycles. The van der Waals surface area contributed by atoms with Gasteiger partial charge in [0, 0.05) is 12.5 Å². The molecule has 1 N–H and O–H groups in total. The van der Waals surface area contributed by atoms with Crippen LogP contribution in [0.1, 0.15) is 44.9 Å². The average Bonchev–Trinajstić information content (AvgIpc) is 3.02. The van der Waals surface area contributed by atoms with Gasteiger partial charge < -0.3 is 14.6 Å². The minimum Gasteiger partial charge on any atom is -0.469 e. The first-order valence-corrected chi connectivity index (χ1v) is 8.22. The first-order valence-electron chi connectivity index (χ1n) is 8.22. The predicted molar refractivity (Wildman–Crippen MR) is 80.9 cm³/mol. The number of hydrogen-bond acceptors (Lipinski definition) is 5. The van der Waals surface area contributed by atoms with Crippen molar-refractivity contribution in [3.8, 4) is 0 Å². The molecule has 0 aromatic rings. The molecule has 1 saturated carbocycles. The number of fused-ring (bicyclic) bond motifs is 1. The Balaban J connectivity index is 1.86. The summed E-state index contributed by atoms with van der Waals surface area (Å²) in [6.45, 7) is 0.260. The van der Waals surface area contributed by atoms with E-state index in [9.17, 15) is 9.59 Å². The number of aliphatic hydroxyl groups is 1. The van der Waals surface area contributed by atoms with Crippen molar-refractivity contribution in [2.45, 2.75) is 51.0 Å². The van der Waals surface area contributed by atoms with Crippen LogP contribution < -0.4 is 0 Å². The number of rotatable bonds is 8.